The summed E-state index contributed by atoms with van der Waals surface area (Å²) in [6.45, 7) is 2.71. The molecule has 5 heteroatoms. The minimum absolute atomic E-state index is 0.170. The smallest absolute Gasteiger partial charge is 0.247 e. The standard InChI is InChI=1S/C26H27FN2O2/c1-2-17-28-26(31)25(22-11-7-4-8-12-22)29(19-21-13-15-23(27)16-14-21)24(30)18-20-9-5-3-6-10-20/h3-16,25H,2,17-19H2,1H3,(H,28,31)/t25-/m0/s1. The summed E-state index contributed by atoms with van der Waals surface area (Å²) >= 11 is 0. The van der Waals surface area contributed by atoms with E-state index in [-0.39, 0.29) is 30.6 Å². The zero-order chi connectivity index (χ0) is 22.1. The third kappa shape index (κ3) is 6.25. The van der Waals surface area contributed by atoms with Crippen LogP contribution in [0, 0.1) is 5.82 Å². The first-order valence-electron chi connectivity index (χ1n) is 10.5. The lowest BCUT2D eigenvalue weighted by molar-refractivity contribution is -0.141. The van der Waals surface area contributed by atoms with E-state index in [1.165, 1.54) is 12.1 Å². The van der Waals surface area contributed by atoms with E-state index in [9.17, 15) is 14.0 Å². The van der Waals surface area contributed by atoms with E-state index in [4.69, 9.17) is 0 Å². The van der Waals surface area contributed by atoms with Crippen LogP contribution in [0.4, 0.5) is 4.39 Å². The second-order valence-electron chi connectivity index (χ2n) is 7.41. The van der Waals surface area contributed by atoms with E-state index in [1.54, 1.807) is 17.0 Å². The number of nitrogens with zero attached hydrogens (tertiary/aromatic N) is 1. The minimum Gasteiger partial charge on any atom is -0.354 e. The lowest BCUT2D eigenvalue weighted by Crippen LogP contribution is -2.44. The number of hydrogen-bond donors (Lipinski definition) is 1. The molecule has 0 fully saturated rings. The van der Waals surface area contributed by atoms with Crippen LogP contribution in [-0.2, 0) is 22.6 Å². The van der Waals surface area contributed by atoms with Crippen LogP contribution in [0.3, 0.4) is 0 Å². The lowest BCUT2D eigenvalue weighted by atomic mass is 10.0. The first-order valence-corrected chi connectivity index (χ1v) is 10.5. The summed E-state index contributed by atoms with van der Waals surface area (Å²) in [5.74, 6) is -0.737. The van der Waals surface area contributed by atoms with Crippen molar-refractivity contribution in [3.63, 3.8) is 0 Å². The zero-order valence-electron chi connectivity index (χ0n) is 17.6. The van der Waals surface area contributed by atoms with Crippen LogP contribution in [0.2, 0.25) is 0 Å². The van der Waals surface area contributed by atoms with Crippen LogP contribution in [0.1, 0.15) is 36.1 Å². The van der Waals surface area contributed by atoms with Gasteiger partial charge in [-0.25, -0.2) is 4.39 Å². The second-order valence-corrected chi connectivity index (χ2v) is 7.41. The van der Waals surface area contributed by atoms with Crippen LogP contribution in [-0.4, -0.2) is 23.3 Å². The molecule has 0 bridgehead atoms. The maximum atomic E-state index is 13.4. The van der Waals surface area contributed by atoms with Crippen molar-refractivity contribution in [3.05, 3.63) is 107 Å². The molecular weight excluding hydrogens is 391 g/mol. The predicted molar refractivity (Wildman–Crippen MR) is 120 cm³/mol. The van der Waals surface area contributed by atoms with Crippen molar-refractivity contribution in [2.45, 2.75) is 32.4 Å². The maximum Gasteiger partial charge on any atom is 0.247 e. The van der Waals surface area contributed by atoms with Gasteiger partial charge in [-0.15, -0.1) is 0 Å². The molecular formula is C26H27FN2O2. The Hall–Kier alpha value is -3.47. The van der Waals surface area contributed by atoms with Gasteiger partial charge < -0.3 is 10.2 Å². The molecule has 0 aliphatic rings. The van der Waals surface area contributed by atoms with E-state index >= 15 is 0 Å². The average Bonchev–Trinajstić information content (AvgIpc) is 2.80. The molecule has 31 heavy (non-hydrogen) atoms. The molecule has 0 aliphatic carbocycles. The van der Waals surface area contributed by atoms with Crippen molar-refractivity contribution in [1.29, 1.82) is 0 Å². The maximum absolute atomic E-state index is 13.4. The molecule has 1 N–H and O–H groups in total. The van der Waals surface area contributed by atoms with E-state index in [1.807, 2.05) is 67.6 Å². The molecule has 0 radical (unpaired) electrons. The molecule has 2 amide bonds. The third-order valence-electron chi connectivity index (χ3n) is 5.01. The Bertz CT molecular complexity index is 975. The normalized spacial score (nSPS) is 11.5. The fourth-order valence-corrected chi connectivity index (χ4v) is 3.44. The van der Waals surface area contributed by atoms with E-state index in [0.29, 0.717) is 6.54 Å². The number of carbonyl (C=O) groups excluding carboxylic acids is 2. The second kappa shape index (κ2) is 11.1. The van der Waals surface area contributed by atoms with Gasteiger partial charge in [0.25, 0.3) is 0 Å². The quantitative estimate of drug-likeness (QED) is 0.549. The van der Waals surface area contributed by atoms with Gasteiger partial charge in [-0.05, 0) is 35.2 Å². The largest absolute Gasteiger partial charge is 0.354 e. The third-order valence-corrected chi connectivity index (χ3v) is 5.01. The highest BCUT2D eigenvalue weighted by Crippen LogP contribution is 2.25. The molecule has 1 atom stereocenters. The average molecular weight is 419 g/mol. The fraction of sp³-hybridized carbons (Fsp3) is 0.231. The summed E-state index contributed by atoms with van der Waals surface area (Å²) < 4.78 is 13.4. The lowest BCUT2D eigenvalue weighted by Gasteiger charge is -2.32. The fourth-order valence-electron chi connectivity index (χ4n) is 3.44. The van der Waals surface area contributed by atoms with Crippen molar-refractivity contribution >= 4 is 11.8 Å². The summed E-state index contributed by atoms with van der Waals surface area (Å²) in [5.41, 5.74) is 2.36. The summed E-state index contributed by atoms with van der Waals surface area (Å²) in [5, 5.41) is 2.93. The van der Waals surface area contributed by atoms with E-state index in [0.717, 1.165) is 23.1 Å². The van der Waals surface area contributed by atoms with Crippen molar-refractivity contribution < 1.29 is 14.0 Å². The molecule has 0 aliphatic heterocycles. The number of halogens is 1. The first kappa shape index (κ1) is 22.2. The Morgan fingerprint density at radius 2 is 1.48 bits per heavy atom. The molecule has 0 saturated heterocycles. The van der Waals surface area contributed by atoms with Crippen LogP contribution in [0.5, 0.6) is 0 Å². The number of carbonyl (C=O) groups is 2. The van der Waals surface area contributed by atoms with E-state index < -0.39 is 6.04 Å². The van der Waals surface area contributed by atoms with Crippen LogP contribution < -0.4 is 5.32 Å². The summed E-state index contributed by atoms with van der Waals surface area (Å²) in [6.07, 6.45) is 0.968. The molecule has 3 aromatic carbocycles. The highest BCUT2D eigenvalue weighted by atomic mass is 19.1. The minimum atomic E-state index is -0.783. The predicted octanol–water partition coefficient (Wildman–Crippen LogP) is 4.66. The Morgan fingerprint density at radius 3 is 2.10 bits per heavy atom. The van der Waals surface area contributed by atoms with Gasteiger partial charge in [-0.1, -0.05) is 79.7 Å². The van der Waals surface area contributed by atoms with Crippen molar-refractivity contribution in [2.75, 3.05) is 6.54 Å². The molecule has 0 aromatic heterocycles. The summed E-state index contributed by atoms with van der Waals surface area (Å²) in [4.78, 5) is 28.2. The van der Waals surface area contributed by atoms with Crippen molar-refractivity contribution in [1.82, 2.24) is 10.2 Å². The summed E-state index contributed by atoms with van der Waals surface area (Å²) in [6, 6.07) is 24.0. The molecule has 0 spiro atoms. The first-order chi connectivity index (χ1) is 15.1. The van der Waals surface area contributed by atoms with Crippen LogP contribution >= 0.6 is 0 Å². The van der Waals surface area contributed by atoms with Gasteiger partial charge >= 0.3 is 0 Å². The van der Waals surface area contributed by atoms with Crippen LogP contribution in [0.25, 0.3) is 0 Å². The van der Waals surface area contributed by atoms with Gasteiger partial charge in [0.15, 0.2) is 0 Å². The molecule has 3 rings (SSSR count). The van der Waals surface area contributed by atoms with Crippen molar-refractivity contribution in [2.24, 2.45) is 0 Å². The number of benzene rings is 3. The number of nitrogens with one attached hydrogen (secondary N) is 1. The molecule has 4 nitrogen and oxygen atoms in total. The number of rotatable bonds is 9. The molecule has 0 unspecified atom stereocenters. The highest BCUT2D eigenvalue weighted by molar-refractivity contribution is 5.89. The molecule has 0 heterocycles. The topological polar surface area (TPSA) is 49.4 Å². The Balaban J connectivity index is 1.97. The van der Waals surface area contributed by atoms with Gasteiger partial charge in [-0.2, -0.15) is 0 Å². The van der Waals surface area contributed by atoms with Gasteiger partial charge in [0.2, 0.25) is 11.8 Å². The number of hydrogen-bond acceptors (Lipinski definition) is 2. The van der Waals surface area contributed by atoms with Crippen LogP contribution in [0.15, 0.2) is 84.9 Å². The molecule has 0 saturated carbocycles. The Morgan fingerprint density at radius 1 is 0.871 bits per heavy atom. The van der Waals surface area contributed by atoms with Gasteiger partial charge in [0, 0.05) is 13.1 Å². The monoisotopic (exact) mass is 418 g/mol. The highest BCUT2D eigenvalue weighted by Gasteiger charge is 2.31. The van der Waals surface area contributed by atoms with Gasteiger partial charge in [0.05, 0.1) is 6.42 Å². The van der Waals surface area contributed by atoms with Gasteiger partial charge in [-0.3, -0.25) is 9.59 Å². The number of amides is 2. The molecule has 160 valence electrons. The van der Waals surface area contributed by atoms with Gasteiger partial charge in [0.1, 0.15) is 11.9 Å². The zero-order valence-corrected chi connectivity index (χ0v) is 17.6. The summed E-state index contributed by atoms with van der Waals surface area (Å²) in [7, 11) is 0. The van der Waals surface area contributed by atoms with E-state index in [2.05, 4.69) is 5.32 Å². The van der Waals surface area contributed by atoms with Crippen molar-refractivity contribution in [3.8, 4) is 0 Å². The SMILES string of the molecule is CCCNC(=O)[C@H](c1ccccc1)N(Cc1ccc(F)cc1)C(=O)Cc1ccccc1. The Labute approximate surface area is 182 Å². The Kier molecular flexibility index (Phi) is 7.93. The molecule has 3 aromatic rings.